The first-order valence-electron chi connectivity index (χ1n) is 12.9. The molecule has 0 saturated carbocycles. The predicted octanol–water partition coefficient (Wildman–Crippen LogP) is 5.77. The molecule has 1 N–H and O–H groups in total. The van der Waals surface area contributed by atoms with Crippen LogP contribution < -0.4 is 15.6 Å². The number of carbonyl (C=O) groups excluding carboxylic acids is 1. The number of hydrogen-bond donors (Lipinski definition) is 1. The highest BCUT2D eigenvalue weighted by Crippen LogP contribution is 2.37. The standard InChI is InChI=1S/C31H30F2N2O3/c1-31(32,33)38-28-13-7-11-23-18-22(19-25(23)28)15-17-35-27-12-6-5-10-24(27)20-26(30(35)37)29(36)34-16-14-21-8-3-2-4-9-21/h2-13,20,22H,14-19H2,1H3,(H,34,36). The van der Waals surface area contributed by atoms with Gasteiger partial charge in [0.1, 0.15) is 11.3 Å². The third-order valence-corrected chi connectivity index (χ3v) is 7.07. The molecule has 7 heteroatoms. The van der Waals surface area contributed by atoms with E-state index in [1.165, 1.54) is 0 Å². The van der Waals surface area contributed by atoms with E-state index >= 15 is 0 Å². The quantitative estimate of drug-likeness (QED) is 0.307. The zero-order chi connectivity index (χ0) is 26.7. The summed E-state index contributed by atoms with van der Waals surface area (Å²) in [5.74, 6) is 0.00419. The molecule has 1 amide bonds. The number of aromatic nitrogens is 1. The molecule has 1 aliphatic rings. The van der Waals surface area contributed by atoms with Crippen LogP contribution in [0.2, 0.25) is 0 Å². The van der Waals surface area contributed by atoms with Crippen LogP contribution in [0.5, 0.6) is 5.75 Å². The van der Waals surface area contributed by atoms with Gasteiger partial charge in [0.2, 0.25) is 0 Å². The summed E-state index contributed by atoms with van der Waals surface area (Å²) in [7, 11) is 0. The molecule has 5 rings (SSSR count). The minimum absolute atomic E-state index is 0.118. The molecule has 1 heterocycles. The fraction of sp³-hybridized carbons (Fsp3) is 0.290. The topological polar surface area (TPSA) is 60.3 Å². The maximum absolute atomic E-state index is 13.5. The molecule has 196 valence electrons. The first-order chi connectivity index (χ1) is 18.3. The Morgan fingerprint density at radius 3 is 2.58 bits per heavy atom. The first kappa shape index (κ1) is 25.6. The number of benzene rings is 3. The van der Waals surface area contributed by atoms with Gasteiger partial charge in [0.15, 0.2) is 0 Å². The van der Waals surface area contributed by atoms with Crippen molar-refractivity contribution in [2.75, 3.05) is 6.54 Å². The van der Waals surface area contributed by atoms with Gasteiger partial charge in [-0.1, -0.05) is 60.7 Å². The zero-order valence-electron chi connectivity index (χ0n) is 21.3. The molecule has 38 heavy (non-hydrogen) atoms. The molecular formula is C31H30F2N2O3. The Labute approximate surface area is 220 Å². The number of rotatable bonds is 9. The zero-order valence-corrected chi connectivity index (χ0v) is 21.3. The second kappa shape index (κ2) is 10.8. The van der Waals surface area contributed by atoms with Crippen LogP contribution in [-0.4, -0.2) is 23.1 Å². The highest BCUT2D eigenvalue weighted by molar-refractivity contribution is 5.97. The Hall–Kier alpha value is -4.00. The highest BCUT2D eigenvalue weighted by Gasteiger charge is 2.29. The van der Waals surface area contributed by atoms with Crippen LogP contribution in [0, 0.1) is 5.92 Å². The summed E-state index contributed by atoms with van der Waals surface area (Å²) < 4.78 is 33.6. The van der Waals surface area contributed by atoms with Crippen molar-refractivity contribution in [1.29, 1.82) is 0 Å². The lowest BCUT2D eigenvalue weighted by Crippen LogP contribution is -2.34. The van der Waals surface area contributed by atoms with Gasteiger partial charge in [0.25, 0.3) is 11.5 Å². The van der Waals surface area contributed by atoms with Crippen LogP contribution in [-0.2, 0) is 25.8 Å². The van der Waals surface area contributed by atoms with Gasteiger partial charge in [-0.15, -0.1) is 0 Å². The number of ether oxygens (including phenoxy) is 1. The number of nitrogens with zero attached hydrogens (tertiary/aromatic N) is 1. The lowest BCUT2D eigenvalue weighted by Gasteiger charge is -2.16. The van der Waals surface area contributed by atoms with E-state index in [-0.39, 0.29) is 28.7 Å². The van der Waals surface area contributed by atoms with Crippen LogP contribution in [0.15, 0.2) is 83.7 Å². The third-order valence-electron chi connectivity index (χ3n) is 7.07. The molecule has 0 spiro atoms. The number of fused-ring (bicyclic) bond motifs is 2. The lowest BCUT2D eigenvalue weighted by atomic mass is 10.0. The van der Waals surface area contributed by atoms with E-state index in [4.69, 9.17) is 4.74 Å². The Bertz CT molecular complexity index is 1510. The minimum atomic E-state index is -3.25. The number of para-hydroxylation sites is 1. The maximum Gasteiger partial charge on any atom is 0.394 e. The summed E-state index contributed by atoms with van der Waals surface area (Å²) in [4.78, 5) is 26.5. The molecule has 1 atom stereocenters. The minimum Gasteiger partial charge on any atom is -0.432 e. The number of hydrogen-bond acceptors (Lipinski definition) is 3. The van der Waals surface area contributed by atoms with Gasteiger partial charge in [0, 0.05) is 20.0 Å². The summed E-state index contributed by atoms with van der Waals surface area (Å²) in [5, 5.41) is 3.70. The molecule has 5 nitrogen and oxygen atoms in total. The van der Waals surface area contributed by atoms with Gasteiger partial charge in [-0.3, -0.25) is 9.59 Å². The number of aryl methyl sites for hydroxylation is 1. The number of halogens is 2. The highest BCUT2D eigenvalue weighted by atomic mass is 19.3. The molecule has 0 fully saturated rings. The van der Waals surface area contributed by atoms with Crippen LogP contribution >= 0.6 is 0 Å². The molecule has 1 unspecified atom stereocenters. The molecular weight excluding hydrogens is 486 g/mol. The Kier molecular flexibility index (Phi) is 7.27. The van der Waals surface area contributed by atoms with Gasteiger partial charge in [-0.2, -0.15) is 8.78 Å². The van der Waals surface area contributed by atoms with Crippen molar-refractivity contribution in [3.8, 4) is 5.75 Å². The number of nitrogens with one attached hydrogen (secondary N) is 1. The van der Waals surface area contributed by atoms with Crippen molar-refractivity contribution in [1.82, 2.24) is 9.88 Å². The Balaban J connectivity index is 1.32. The monoisotopic (exact) mass is 516 g/mol. The summed E-state index contributed by atoms with van der Waals surface area (Å²) in [6, 6.07) is 24.3. The number of pyridine rings is 1. The fourth-order valence-electron chi connectivity index (χ4n) is 5.28. The molecule has 0 aliphatic heterocycles. The summed E-state index contributed by atoms with van der Waals surface area (Å²) >= 11 is 0. The van der Waals surface area contributed by atoms with Crippen molar-refractivity contribution < 1.29 is 18.3 Å². The van der Waals surface area contributed by atoms with E-state index in [2.05, 4.69) is 5.32 Å². The molecule has 0 radical (unpaired) electrons. The van der Waals surface area contributed by atoms with Gasteiger partial charge < -0.3 is 14.6 Å². The fourth-order valence-corrected chi connectivity index (χ4v) is 5.28. The number of amides is 1. The van der Waals surface area contributed by atoms with E-state index in [0.29, 0.717) is 32.4 Å². The van der Waals surface area contributed by atoms with Crippen molar-refractivity contribution in [3.05, 3.63) is 111 Å². The normalized spacial score (nSPS) is 14.9. The van der Waals surface area contributed by atoms with Crippen LogP contribution in [0.1, 0.15) is 40.4 Å². The van der Waals surface area contributed by atoms with E-state index < -0.39 is 6.11 Å². The van der Waals surface area contributed by atoms with E-state index in [9.17, 15) is 18.4 Å². The SMILES string of the molecule is CC(F)(F)Oc1cccc2c1CC(CCn1c(=O)c(C(=O)NCCc3ccccc3)cc3ccccc31)C2. The average molecular weight is 517 g/mol. The largest absolute Gasteiger partial charge is 0.432 e. The Morgan fingerprint density at radius 1 is 1.03 bits per heavy atom. The number of carbonyl (C=O) groups is 1. The second-order valence-electron chi connectivity index (χ2n) is 9.93. The molecule has 0 bridgehead atoms. The molecule has 1 aliphatic carbocycles. The van der Waals surface area contributed by atoms with Crippen LogP contribution in [0.4, 0.5) is 8.78 Å². The third kappa shape index (κ3) is 5.77. The summed E-state index contributed by atoms with van der Waals surface area (Å²) in [6.07, 6.45) is -0.574. The summed E-state index contributed by atoms with van der Waals surface area (Å²) in [6.45, 7) is 1.58. The van der Waals surface area contributed by atoms with E-state index in [1.54, 1.807) is 22.8 Å². The smallest absolute Gasteiger partial charge is 0.394 e. The van der Waals surface area contributed by atoms with Gasteiger partial charge in [-0.25, -0.2) is 0 Å². The molecule has 1 aromatic heterocycles. The molecule has 3 aromatic carbocycles. The molecule has 0 saturated heterocycles. The van der Waals surface area contributed by atoms with Crippen molar-refractivity contribution in [3.63, 3.8) is 0 Å². The predicted molar refractivity (Wildman–Crippen MR) is 144 cm³/mol. The van der Waals surface area contributed by atoms with Gasteiger partial charge in [0.05, 0.1) is 5.52 Å². The maximum atomic E-state index is 13.5. The lowest BCUT2D eigenvalue weighted by molar-refractivity contribution is -0.159. The van der Waals surface area contributed by atoms with Crippen molar-refractivity contribution in [2.24, 2.45) is 5.92 Å². The van der Waals surface area contributed by atoms with Crippen molar-refractivity contribution >= 4 is 16.8 Å². The number of alkyl halides is 2. The van der Waals surface area contributed by atoms with E-state index in [1.807, 2.05) is 60.7 Å². The van der Waals surface area contributed by atoms with E-state index in [0.717, 1.165) is 40.9 Å². The molecule has 4 aromatic rings. The van der Waals surface area contributed by atoms with Crippen LogP contribution in [0.3, 0.4) is 0 Å². The second-order valence-corrected chi connectivity index (χ2v) is 9.93. The van der Waals surface area contributed by atoms with Crippen LogP contribution in [0.25, 0.3) is 10.9 Å². The van der Waals surface area contributed by atoms with Crippen molar-refractivity contribution in [2.45, 2.75) is 45.3 Å². The average Bonchev–Trinajstić information content (AvgIpc) is 3.32. The summed E-state index contributed by atoms with van der Waals surface area (Å²) in [5.41, 5.74) is 3.47. The Morgan fingerprint density at radius 2 is 1.79 bits per heavy atom. The first-order valence-corrected chi connectivity index (χ1v) is 12.9. The van der Waals surface area contributed by atoms with Gasteiger partial charge in [-0.05, 0) is 71.9 Å². The van der Waals surface area contributed by atoms with Gasteiger partial charge >= 0.3 is 6.11 Å².